The molecule has 0 unspecified atom stereocenters. The highest BCUT2D eigenvalue weighted by atomic mass is 32.1. The van der Waals surface area contributed by atoms with Gasteiger partial charge in [0.2, 0.25) is 0 Å². The van der Waals surface area contributed by atoms with Crippen LogP contribution >= 0.6 is 12.2 Å². The minimum atomic E-state index is 0.183. The van der Waals surface area contributed by atoms with E-state index >= 15 is 0 Å². The molecule has 0 aliphatic rings. The molecular formula is C17H24N3S+. The highest BCUT2D eigenvalue weighted by Crippen LogP contribution is 2.23. The lowest BCUT2D eigenvalue weighted by molar-refractivity contribution is -0.856. The highest BCUT2D eigenvalue weighted by molar-refractivity contribution is 7.80. The molecule has 3 N–H and O–H groups in total. The average Bonchev–Trinajstić information content (AvgIpc) is 2.46. The zero-order valence-electron chi connectivity index (χ0n) is 12.9. The lowest BCUT2D eigenvalue weighted by atomic mass is 10.00. The van der Waals surface area contributed by atoms with E-state index < -0.39 is 0 Å². The number of benzene rings is 2. The quantitative estimate of drug-likeness (QED) is 0.731. The van der Waals surface area contributed by atoms with Crippen molar-refractivity contribution in [1.82, 2.24) is 10.6 Å². The molecule has 1 atom stereocenters. The van der Waals surface area contributed by atoms with E-state index in [9.17, 15) is 0 Å². The van der Waals surface area contributed by atoms with Crippen molar-refractivity contribution in [3.05, 3.63) is 48.0 Å². The molecule has 0 radical (unpaired) electrons. The van der Waals surface area contributed by atoms with Crippen molar-refractivity contribution in [2.24, 2.45) is 0 Å². The fraction of sp³-hybridized carbons (Fsp3) is 0.353. The summed E-state index contributed by atoms with van der Waals surface area (Å²) in [5, 5.41) is 9.90. The fourth-order valence-electron chi connectivity index (χ4n) is 2.38. The summed E-state index contributed by atoms with van der Waals surface area (Å²) in [4.78, 5) is 1.41. The van der Waals surface area contributed by atoms with Gasteiger partial charge in [0, 0.05) is 0 Å². The molecule has 0 spiro atoms. The van der Waals surface area contributed by atoms with Crippen molar-refractivity contribution in [3.63, 3.8) is 0 Å². The number of hydrogen-bond acceptors (Lipinski definition) is 1. The number of quaternary nitrogens is 1. The molecule has 4 heteroatoms. The van der Waals surface area contributed by atoms with Crippen molar-refractivity contribution in [1.29, 1.82) is 0 Å². The second kappa shape index (κ2) is 7.38. The lowest BCUT2D eigenvalue weighted by Crippen LogP contribution is -3.06. The maximum absolute atomic E-state index is 5.37. The molecule has 21 heavy (non-hydrogen) atoms. The first-order valence-electron chi connectivity index (χ1n) is 7.39. The van der Waals surface area contributed by atoms with Gasteiger partial charge in [-0.05, 0) is 35.5 Å². The molecule has 0 amide bonds. The average molecular weight is 302 g/mol. The largest absolute Gasteiger partial charge is 0.357 e. The smallest absolute Gasteiger partial charge is 0.166 e. The van der Waals surface area contributed by atoms with Crippen LogP contribution in [0.15, 0.2) is 42.5 Å². The zero-order valence-corrected chi connectivity index (χ0v) is 13.8. The summed E-state index contributed by atoms with van der Waals surface area (Å²) >= 11 is 5.37. The normalized spacial score (nSPS) is 12.4. The van der Waals surface area contributed by atoms with Crippen LogP contribution in [0, 0.1) is 0 Å². The van der Waals surface area contributed by atoms with Crippen LogP contribution in [0.5, 0.6) is 0 Å². The Labute approximate surface area is 132 Å². The standard InChI is InChI=1S/C17H23N3S/c1-13(19-17(21)18-11-12-20(2)3)15-10-6-8-14-7-4-5-9-16(14)15/h4-10,13H,11-12H2,1-3H3,(H2,18,19,21)/p+1/t13-/m1/s1. The molecule has 2 aromatic carbocycles. The third-order valence-electron chi connectivity index (χ3n) is 3.55. The number of fused-ring (bicyclic) bond motifs is 1. The summed E-state index contributed by atoms with van der Waals surface area (Å²) in [6.07, 6.45) is 0. The van der Waals surface area contributed by atoms with E-state index in [-0.39, 0.29) is 6.04 Å². The molecule has 0 heterocycles. The zero-order chi connectivity index (χ0) is 15.2. The molecule has 0 aliphatic heterocycles. The van der Waals surface area contributed by atoms with E-state index in [1.54, 1.807) is 0 Å². The van der Waals surface area contributed by atoms with Gasteiger partial charge >= 0.3 is 0 Å². The molecule has 0 aromatic heterocycles. The highest BCUT2D eigenvalue weighted by Gasteiger charge is 2.10. The lowest BCUT2D eigenvalue weighted by Gasteiger charge is -2.19. The Bertz CT molecular complexity index is 605. The van der Waals surface area contributed by atoms with Crippen molar-refractivity contribution < 1.29 is 4.90 Å². The Hall–Kier alpha value is -1.65. The van der Waals surface area contributed by atoms with Gasteiger partial charge in [0.15, 0.2) is 5.11 Å². The number of hydrogen-bond donors (Lipinski definition) is 3. The van der Waals surface area contributed by atoms with Crippen LogP contribution in [-0.4, -0.2) is 32.3 Å². The maximum Gasteiger partial charge on any atom is 0.166 e. The van der Waals surface area contributed by atoms with E-state index in [0.717, 1.165) is 18.2 Å². The van der Waals surface area contributed by atoms with E-state index in [2.05, 4.69) is 74.1 Å². The van der Waals surface area contributed by atoms with Gasteiger partial charge in [0.1, 0.15) is 0 Å². The third-order valence-corrected chi connectivity index (χ3v) is 3.81. The molecule has 2 aromatic rings. The van der Waals surface area contributed by atoms with E-state index in [4.69, 9.17) is 12.2 Å². The van der Waals surface area contributed by atoms with Crippen LogP contribution < -0.4 is 15.5 Å². The SMILES string of the molecule is C[C@@H](NC(=S)NCC[NH+](C)C)c1cccc2ccccc12. The van der Waals surface area contributed by atoms with Gasteiger partial charge in [-0.3, -0.25) is 0 Å². The molecule has 2 rings (SSSR count). The summed E-state index contributed by atoms with van der Waals surface area (Å²) in [7, 11) is 4.27. The van der Waals surface area contributed by atoms with Crippen LogP contribution in [0.1, 0.15) is 18.5 Å². The van der Waals surface area contributed by atoms with Gasteiger partial charge in [-0.15, -0.1) is 0 Å². The topological polar surface area (TPSA) is 28.5 Å². The van der Waals surface area contributed by atoms with Gasteiger partial charge in [-0.2, -0.15) is 0 Å². The van der Waals surface area contributed by atoms with E-state index in [0.29, 0.717) is 0 Å². The molecule has 3 nitrogen and oxygen atoms in total. The Kier molecular flexibility index (Phi) is 5.53. The second-order valence-corrected chi connectivity index (χ2v) is 6.06. The van der Waals surface area contributed by atoms with Crippen LogP contribution in [0.2, 0.25) is 0 Å². The Balaban J connectivity index is 2.02. The van der Waals surface area contributed by atoms with Crippen molar-refractivity contribution in [2.45, 2.75) is 13.0 Å². The van der Waals surface area contributed by atoms with Crippen LogP contribution in [0.4, 0.5) is 0 Å². The monoisotopic (exact) mass is 302 g/mol. The van der Waals surface area contributed by atoms with Gasteiger partial charge in [0.25, 0.3) is 0 Å². The molecule has 0 fully saturated rings. The minimum Gasteiger partial charge on any atom is -0.357 e. The predicted molar refractivity (Wildman–Crippen MR) is 93.8 cm³/mol. The summed E-state index contributed by atoms with van der Waals surface area (Å²) in [6, 6.07) is 15.0. The summed E-state index contributed by atoms with van der Waals surface area (Å²) in [6.45, 7) is 4.08. The van der Waals surface area contributed by atoms with Crippen molar-refractivity contribution in [3.8, 4) is 0 Å². The number of nitrogens with one attached hydrogen (secondary N) is 3. The summed E-state index contributed by atoms with van der Waals surface area (Å²) < 4.78 is 0. The predicted octanol–water partition coefficient (Wildman–Crippen LogP) is 1.51. The number of likely N-dealkylation sites (N-methyl/N-ethyl adjacent to an activating group) is 1. The minimum absolute atomic E-state index is 0.183. The first-order valence-corrected chi connectivity index (χ1v) is 7.80. The third kappa shape index (κ3) is 4.41. The van der Waals surface area contributed by atoms with Crippen LogP contribution in [-0.2, 0) is 0 Å². The van der Waals surface area contributed by atoms with Crippen LogP contribution in [0.3, 0.4) is 0 Å². The van der Waals surface area contributed by atoms with Crippen molar-refractivity contribution >= 4 is 28.1 Å². The van der Waals surface area contributed by atoms with Gasteiger partial charge < -0.3 is 15.5 Å². The second-order valence-electron chi connectivity index (χ2n) is 5.65. The number of thiocarbonyl (C=S) groups is 1. The molecular weight excluding hydrogens is 278 g/mol. The number of rotatable bonds is 5. The Morgan fingerprint density at radius 3 is 2.62 bits per heavy atom. The Morgan fingerprint density at radius 2 is 1.86 bits per heavy atom. The van der Waals surface area contributed by atoms with E-state index in [1.807, 2.05) is 0 Å². The Morgan fingerprint density at radius 1 is 1.14 bits per heavy atom. The van der Waals surface area contributed by atoms with Crippen molar-refractivity contribution in [2.75, 3.05) is 27.2 Å². The molecule has 0 bridgehead atoms. The first-order chi connectivity index (χ1) is 10.1. The maximum atomic E-state index is 5.37. The van der Waals surface area contributed by atoms with E-state index in [1.165, 1.54) is 21.2 Å². The van der Waals surface area contributed by atoms with Gasteiger partial charge in [-0.25, -0.2) is 0 Å². The molecule has 0 saturated heterocycles. The van der Waals surface area contributed by atoms with Gasteiger partial charge in [0.05, 0.1) is 33.2 Å². The fourth-order valence-corrected chi connectivity index (χ4v) is 2.66. The summed E-state index contributed by atoms with van der Waals surface area (Å²) in [5.41, 5.74) is 1.27. The first kappa shape index (κ1) is 15.7. The van der Waals surface area contributed by atoms with Gasteiger partial charge in [-0.1, -0.05) is 42.5 Å². The van der Waals surface area contributed by atoms with Crippen LogP contribution in [0.25, 0.3) is 10.8 Å². The molecule has 112 valence electrons. The molecule has 0 aliphatic carbocycles. The molecule has 0 saturated carbocycles. The summed E-state index contributed by atoms with van der Waals surface area (Å²) in [5.74, 6) is 0.